The van der Waals surface area contributed by atoms with E-state index in [1.807, 2.05) is 12.1 Å². The predicted molar refractivity (Wildman–Crippen MR) is 79.2 cm³/mol. The fourth-order valence-electron chi connectivity index (χ4n) is 3.24. The molecule has 0 saturated carbocycles. The standard InChI is InChI=1S/C16H24ClN/c1-15(2,3)12-16(9-4-10-18-16)11-13-5-7-14(17)8-6-13/h5-8,18H,4,9-12H2,1-3H3. The molecule has 1 unspecified atom stereocenters. The Morgan fingerprint density at radius 2 is 1.89 bits per heavy atom. The fourth-order valence-corrected chi connectivity index (χ4v) is 3.37. The van der Waals surface area contributed by atoms with Crippen LogP contribution >= 0.6 is 11.6 Å². The molecule has 1 aromatic carbocycles. The van der Waals surface area contributed by atoms with Gasteiger partial charge in [0.05, 0.1) is 0 Å². The van der Waals surface area contributed by atoms with Crippen LogP contribution in [0.5, 0.6) is 0 Å². The van der Waals surface area contributed by atoms with Crippen molar-refractivity contribution in [2.24, 2.45) is 5.41 Å². The van der Waals surface area contributed by atoms with E-state index in [1.54, 1.807) is 0 Å². The Bertz CT molecular complexity index is 383. The summed E-state index contributed by atoms with van der Waals surface area (Å²) in [5, 5.41) is 4.58. The zero-order valence-electron chi connectivity index (χ0n) is 11.7. The molecule has 1 aliphatic heterocycles. The second-order valence-electron chi connectivity index (χ2n) is 6.85. The van der Waals surface area contributed by atoms with Gasteiger partial charge in [-0.3, -0.25) is 0 Å². The van der Waals surface area contributed by atoms with Gasteiger partial charge in [-0.25, -0.2) is 0 Å². The van der Waals surface area contributed by atoms with Gasteiger partial charge in [-0.15, -0.1) is 0 Å². The summed E-state index contributed by atoms with van der Waals surface area (Å²) in [4.78, 5) is 0. The summed E-state index contributed by atoms with van der Waals surface area (Å²) in [6, 6.07) is 8.31. The maximum absolute atomic E-state index is 5.95. The van der Waals surface area contributed by atoms with Crippen LogP contribution in [-0.2, 0) is 6.42 Å². The van der Waals surface area contributed by atoms with Crippen LogP contribution in [0, 0.1) is 5.41 Å². The minimum atomic E-state index is 0.284. The molecule has 1 nitrogen and oxygen atoms in total. The summed E-state index contributed by atoms with van der Waals surface area (Å²) in [7, 11) is 0. The van der Waals surface area contributed by atoms with E-state index in [0.29, 0.717) is 5.41 Å². The Balaban J connectivity index is 2.13. The Hall–Kier alpha value is -0.530. The summed E-state index contributed by atoms with van der Waals surface area (Å²) < 4.78 is 0. The molecule has 0 spiro atoms. The third kappa shape index (κ3) is 3.73. The summed E-state index contributed by atoms with van der Waals surface area (Å²) in [6.07, 6.45) is 4.92. The molecule has 1 heterocycles. The maximum atomic E-state index is 5.95. The van der Waals surface area contributed by atoms with Gasteiger partial charge in [0.15, 0.2) is 0 Å². The first-order valence-electron chi connectivity index (χ1n) is 6.88. The molecule has 2 heteroatoms. The van der Waals surface area contributed by atoms with Crippen molar-refractivity contribution in [3.63, 3.8) is 0 Å². The average Bonchev–Trinajstić information content (AvgIpc) is 2.67. The molecule has 0 amide bonds. The predicted octanol–water partition coefficient (Wildman–Crippen LogP) is 4.44. The van der Waals surface area contributed by atoms with Crippen LogP contribution in [-0.4, -0.2) is 12.1 Å². The summed E-state index contributed by atoms with van der Waals surface area (Å²) in [6.45, 7) is 8.15. The summed E-state index contributed by atoms with van der Waals surface area (Å²) >= 11 is 5.95. The largest absolute Gasteiger partial charge is 0.311 e. The minimum absolute atomic E-state index is 0.284. The van der Waals surface area contributed by atoms with Crippen LogP contribution in [0.3, 0.4) is 0 Å². The van der Waals surface area contributed by atoms with Gasteiger partial charge in [0.1, 0.15) is 0 Å². The van der Waals surface area contributed by atoms with Crippen molar-refractivity contribution in [1.29, 1.82) is 0 Å². The lowest BCUT2D eigenvalue weighted by atomic mass is 9.76. The number of hydrogen-bond acceptors (Lipinski definition) is 1. The van der Waals surface area contributed by atoms with Crippen LogP contribution in [0.1, 0.15) is 45.6 Å². The molecule has 0 aromatic heterocycles. The van der Waals surface area contributed by atoms with Crippen LogP contribution in [0.25, 0.3) is 0 Å². The van der Waals surface area contributed by atoms with Crippen molar-refractivity contribution in [1.82, 2.24) is 5.32 Å². The van der Waals surface area contributed by atoms with Crippen molar-refractivity contribution >= 4 is 11.6 Å². The van der Waals surface area contributed by atoms with E-state index in [0.717, 1.165) is 18.0 Å². The van der Waals surface area contributed by atoms with E-state index >= 15 is 0 Å². The molecule has 0 aliphatic carbocycles. The number of hydrogen-bond donors (Lipinski definition) is 1. The van der Waals surface area contributed by atoms with Crippen molar-refractivity contribution in [2.45, 2.75) is 52.0 Å². The van der Waals surface area contributed by atoms with Crippen molar-refractivity contribution in [2.75, 3.05) is 6.54 Å². The normalized spacial score (nSPS) is 24.4. The zero-order chi connectivity index (χ0) is 13.2. The van der Waals surface area contributed by atoms with E-state index in [1.165, 1.54) is 24.8 Å². The van der Waals surface area contributed by atoms with Crippen molar-refractivity contribution in [3.05, 3.63) is 34.9 Å². The van der Waals surface area contributed by atoms with Crippen molar-refractivity contribution in [3.8, 4) is 0 Å². The molecule has 2 rings (SSSR count). The van der Waals surface area contributed by atoms with Gasteiger partial charge in [0.25, 0.3) is 0 Å². The molecule has 1 aromatic rings. The van der Waals surface area contributed by atoms with E-state index < -0.39 is 0 Å². The molecule has 18 heavy (non-hydrogen) atoms. The molecule has 1 fully saturated rings. The smallest absolute Gasteiger partial charge is 0.0406 e. The number of nitrogens with one attached hydrogen (secondary N) is 1. The number of rotatable bonds is 3. The van der Waals surface area contributed by atoms with Gasteiger partial charge in [0, 0.05) is 10.6 Å². The summed E-state index contributed by atoms with van der Waals surface area (Å²) in [5.74, 6) is 0. The highest BCUT2D eigenvalue weighted by molar-refractivity contribution is 6.30. The Morgan fingerprint density at radius 3 is 2.39 bits per heavy atom. The fraction of sp³-hybridized carbons (Fsp3) is 0.625. The van der Waals surface area contributed by atoms with Crippen molar-refractivity contribution < 1.29 is 0 Å². The van der Waals surface area contributed by atoms with E-state index in [-0.39, 0.29) is 5.54 Å². The Morgan fingerprint density at radius 1 is 1.22 bits per heavy atom. The van der Waals surface area contributed by atoms with Crippen LogP contribution in [0.2, 0.25) is 5.02 Å². The number of benzene rings is 1. The molecule has 1 aliphatic rings. The molecule has 1 N–H and O–H groups in total. The maximum Gasteiger partial charge on any atom is 0.0406 e. The minimum Gasteiger partial charge on any atom is -0.311 e. The number of halogens is 1. The third-order valence-corrected chi connectivity index (χ3v) is 3.91. The molecular weight excluding hydrogens is 242 g/mol. The van der Waals surface area contributed by atoms with Gasteiger partial charge in [-0.05, 0) is 55.3 Å². The van der Waals surface area contributed by atoms with Gasteiger partial charge in [-0.2, -0.15) is 0 Å². The molecule has 1 atom stereocenters. The Kier molecular flexibility index (Phi) is 4.03. The molecule has 0 bridgehead atoms. The SMILES string of the molecule is CC(C)(C)CC1(Cc2ccc(Cl)cc2)CCCN1. The van der Waals surface area contributed by atoms with Gasteiger partial charge in [0.2, 0.25) is 0 Å². The lowest BCUT2D eigenvalue weighted by Crippen LogP contribution is -2.44. The zero-order valence-corrected chi connectivity index (χ0v) is 12.5. The highest BCUT2D eigenvalue weighted by Crippen LogP contribution is 2.35. The second kappa shape index (κ2) is 5.22. The molecular formula is C16H24ClN. The highest BCUT2D eigenvalue weighted by atomic mass is 35.5. The first-order chi connectivity index (χ1) is 8.39. The van der Waals surface area contributed by atoms with E-state index in [9.17, 15) is 0 Å². The van der Waals surface area contributed by atoms with Gasteiger partial charge in [-0.1, -0.05) is 44.5 Å². The van der Waals surface area contributed by atoms with Crippen LogP contribution < -0.4 is 5.32 Å². The second-order valence-corrected chi connectivity index (χ2v) is 7.29. The third-order valence-electron chi connectivity index (χ3n) is 3.66. The quantitative estimate of drug-likeness (QED) is 0.852. The molecule has 0 radical (unpaired) electrons. The van der Waals surface area contributed by atoms with Crippen LogP contribution in [0.4, 0.5) is 0 Å². The topological polar surface area (TPSA) is 12.0 Å². The van der Waals surface area contributed by atoms with Gasteiger partial charge < -0.3 is 5.32 Å². The van der Waals surface area contributed by atoms with E-state index in [2.05, 4.69) is 38.2 Å². The highest BCUT2D eigenvalue weighted by Gasteiger charge is 2.36. The molecule has 100 valence electrons. The van der Waals surface area contributed by atoms with Crippen LogP contribution in [0.15, 0.2) is 24.3 Å². The summed E-state index contributed by atoms with van der Waals surface area (Å²) in [5.41, 5.74) is 2.04. The first kappa shape index (κ1) is 13.9. The lowest BCUT2D eigenvalue weighted by Gasteiger charge is -2.36. The van der Waals surface area contributed by atoms with E-state index in [4.69, 9.17) is 11.6 Å². The van der Waals surface area contributed by atoms with Gasteiger partial charge >= 0.3 is 0 Å². The lowest BCUT2D eigenvalue weighted by molar-refractivity contribution is 0.229. The Labute approximate surface area is 116 Å². The monoisotopic (exact) mass is 265 g/mol. The average molecular weight is 266 g/mol. The molecule has 1 saturated heterocycles. The first-order valence-corrected chi connectivity index (χ1v) is 7.26.